The van der Waals surface area contributed by atoms with Crippen molar-refractivity contribution in [3.05, 3.63) is 66.2 Å². The summed E-state index contributed by atoms with van der Waals surface area (Å²) in [5, 5.41) is 2.72. The molecular formula is C20H24N2O4S. The highest BCUT2D eigenvalue weighted by Gasteiger charge is 2.16. The molecule has 0 saturated heterocycles. The van der Waals surface area contributed by atoms with Gasteiger partial charge in [0.15, 0.2) is 0 Å². The molecule has 0 fully saturated rings. The zero-order chi connectivity index (χ0) is 19.9. The first kappa shape index (κ1) is 20.7. The van der Waals surface area contributed by atoms with Crippen molar-refractivity contribution < 1.29 is 17.9 Å². The van der Waals surface area contributed by atoms with Crippen LogP contribution in [0.2, 0.25) is 0 Å². The van der Waals surface area contributed by atoms with Gasteiger partial charge in [-0.3, -0.25) is 4.79 Å². The summed E-state index contributed by atoms with van der Waals surface area (Å²) < 4.78 is 32.6. The Labute approximate surface area is 160 Å². The van der Waals surface area contributed by atoms with Crippen LogP contribution in [0.15, 0.2) is 60.0 Å². The van der Waals surface area contributed by atoms with E-state index >= 15 is 0 Å². The Morgan fingerprint density at radius 2 is 1.96 bits per heavy atom. The van der Waals surface area contributed by atoms with Gasteiger partial charge in [-0.2, -0.15) is 0 Å². The summed E-state index contributed by atoms with van der Waals surface area (Å²) in [6.45, 7) is 7.61. The summed E-state index contributed by atoms with van der Waals surface area (Å²) in [5.41, 5.74) is 2.24. The van der Waals surface area contributed by atoms with Crippen LogP contribution in [-0.4, -0.2) is 27.5 Å². The van der Waals surface area contributed by atoms with Crippen LogP contribution in [0, 0.1) is 13.8 Å². The Balaban J connectivity index is 1.89. The Morgan fingerprint density at radius 3 is 2.67 bits per heavy atom. The van der Waals surface area contributed by atoms with Crippen LogP contribution in [0.1, 0.15) is 17.5 Å². The summed E-state index contributed by atoms with van der Waals surface area (Å²) in [7, 11) is -3.65. The lowest BCUT2D eigenvalue weighted by atomic mass is 10.2. The third kappa shape index (κ3) is 6.23. The molecule has 0 spiro atoms. The molecule has 0 heterocycles. The monoisotopic (exact) mass is 388 g/mol. The molecule has 0 aliphatic rings. The van der Waals surface area contributed by atoms with Gasteiger partial charge < -0.3 is 10.1 Å². The predicted molar refractivity (Wildman–Crippen MR) is 106 cm³/mol. The molecule has 0 aromatic heterocycles. The second kappa shape index (κ2) is 9.34. The average molecular weight is 388 g/mol. The first-order chi connectivity index (χ1) is 12.8. The Morgan fingerprint density at radius 1 is 1.19 bits per heavy atom. The number of amides is 1. The molecule has 27 heavy (non-hydrogen) atoms. The number of aryl methyl sites for hydroxylation is 2. The predicted octanol–water partition coefficient (Wildman–Crippen LogP) is 3.18. The van der Waals surface area contributed by atoms with E-state index in [4.69, 9.17) is 4.74 Å². The highest BCUT2D eigenvalue weighted by atomic mass is 32.2. The number of carbonyl (C=O) groups excluding carboxylic acids is 1. The molecule has 0 saturated carbocycles. The lowest BCUT2D eigenvalue weighted by molar-refractivity contribution is -0.116. The van der Waals surface area contributed by atoms with Crippen LogP contribution in [-0.2, 0) is 14.8 Å². The Kier molecular flexibility index (Phi) is 7.15. The second-order valence-corrected chi connectivity index (χ2v) is 7.83. The van der Waals surface area contributed by atoms with E-state index < -0.39 is 10.0 Å². The number of ether oxygens (including phenoxy) is 1. The van der Waals surface area contributed by atoms with Crippen molar-refractivity contribution in [1.29, 1.82) is 0 Å². The van der Waals surface area contributed by atoms with Crippen LogP contribution in [0.3, 0.4) is 0 Å². The van der Waals surface area contributed by atoms with Crippen LogP contribution in [0.4, 0.5) is 5.69 Å². The third-order valence-corrected chi connectivity index (χ3v) is 5.37. The number of benzene rings is 2. The minimum absolute atomic E-state index is 0.00807. The fraction of sp³-hybridized carbons (Fsp3) is 0.250. The molecule has 0 aliphatic heterocycles. The van der Waals surface area contributed by atoms with Gasteiger partial charge in [0.1, 0.15) is 12.4 Å². The van der Waals surface area contributed by atoms with Gasteiger partial charge in [-0.25, -0.2) is 13.1 Å². The van der Waals surface area contributed by atoms with Crippen molar-refractivity contribution in [2.24, 2.45) is 0 Å². The summed E-state index contributed by atoms with van der Waals surface area (Å²) in [6, 6.07) is 12.1. The maximum Gasteiger partial charge on any atom is 0.240 e. The molecule has 2 aromatic rings. The second-order valence-electron chi connectivity index (χ2n) is 6.09. The van der Waals surface area contributed by atoms with Crippen molar-refractivity contribution in [2.45, 2.75) is 25.2 Å². The number of hydrogen-bond acceptors (Lipinski definition) is 4. The molecule has 0 aliphatic carbocycles. The highest BCUT2D eigenvalue weighted by Crippen LogP contribution is 2.18. The first-order valence-electron chi connectivity index (χ1n) is 8.52. The number of carbonyl (C=O) groups is 1. The van der Waals surface area contributed by atoms with Crippen LogP contribution in [0.25, 0.3) is 0 Å². The Bertz CT molecular complexity index is 923. The molecule has 2 rings (SSSR count). The summed E-state index contributed by atoms with van der Waals surface area (Å²) in [4.78, 5) is 12.3. The SMILES string of the molecule is C=CCOc1cccc(NC(=O)CCNS(=O)(=O)c2ccc(C)cc2C)c1. The van der Waals surface area contributed by atoms with E-state index in [0.717, 1.165) is 5.56 Å². The summed E-state index contributed by atoms with van der Waals surface area (Å²) >= 11 is 0. The number of sulfonamides is 1. The summed E-state index contributed by atoms with van der Waals surface area (Å²) in [6.07, 6.45) is 1.65. The lowest BCUT2D eigenvalue weighted by Crippen LogP contribution is -2.28. The smallest absolute Gasteiger partial charge is 0.240 e. The standard InChI is InChI=1S/C20H24N2O4S/c1-4-12-26-18-7-5-6-17(14-18)22-20(23)10-11-21-27(24,25)19-9-8-15(2)13-16(19)3/h4-9,13-14,21H,1,10-12H2,2-3H3,(H,22,23). The van der Waals surface area contributed by atoms with E-state index in [9.17, 15) is 13.2 Å². The van der Waals surface area contributed by atoms with Crippen molar-refractivity contribution in [3.8, 4) is 5.75 Å². The third-order valence-electron chi connectivity index (χ3n) is 3.75. The van der Waals surface area contributed by atoms with Gasteiger partial charge in [0.2, 0.25) is 15.9 Å². The largest absolute Gasteiger partial charge is 0.489 e. The topological polar surface area (TPSA) is 84.5 Å². The van der Waals surface area contributed by atoms with Gasteiger partial charge in [-0.1, -0.05) is 36.4 Å². The van der Waals surface area contributed by atoms with E-state index in [1.807, 2.05) is 13.0 Å². The van der Waals surface area contributed by atoms with Crippen LogP contribution >= 0.6 is 0 Å². The van der Waals surface area contributed by atoms with E-state index in [-0.39, 0.29) is 23.8 Å². The molecule has 1 amide bonds. The maximum absolute atomic E-state index is 12.4. The van der Waals surface area contributed by atoms with Crippen LogP contribution < -0.4 is 14.8 Å². The van der Waals surface area contributed by atoms with Crippen molar-refractivity contribution in [1.82, 2.24) is 4.72 Å². The van der Waals surface area contributed by atoms with Gasteiger partial charge in [0.25, 0.3) is 0 Å². The molecule has 6 nitrogen and oxygen atoms in total. The van der Waals surface area contributed by atoms with Crippen molar-refractivity contribution >= 4 is 21.6 Å². The minimum atomic E-state index is -3.65. The zero-order valence-corrected chi connectivity index (χ0v) is 16.3. The molecule has 0 unspecified atom stereocenters. The van der Waals surface area contributed by atoms with E-state index in [2.05, 4.69) is 16.6 Å². The van der Waals surface area contributed by atoms with Crippen LogP contribution in [0.5, 0.6) is 5.75 Å². The highest BCUT2D eigenvalue weighted by molar-refractivity contribution is 7.89. The zero-order valence-electron chi connectivity index (χ0n) is 15.5. The fourth-order valence-corrected chi connectivity index (χ4v) is 3.78. The van der Waals surface area contributed by atoms with Gasteiger partial charge in [0.05, 0.1) is 4.90 Å². The molecule has 0 radical (unpaired) electrons. The molecule has 144 valence electrons. The molecule has 2 aromatic carbocycles. The molecule has 2 N–H and O–H groups in total. The number of hydrogen-bond donors (Lipinski definition) is 2. The van der Waals surface area contributed by atoms with E-state index in [1.165, 1.54) is 0 Å². The molecule has 0 atom stereocenters. The normalized spacial score (nSPS) is 11.0. The van der Waals surface area contributed by atoms with Crippen molar-refractivity contribution in [3.63, 3.8) is 0 Å². The number of nitrogens with one attached hydrogen (secondary N) is 2. The lowest BCUT2D eigenvalue weighted by Gasteiger charge is -2.11. The van der Waals surface area contributed by atoms with Crippen molar-refractivity contribution in [2.75, 3.05) is 18.5 Å². The number of rotatable bonds is 9. The van der Waals surface area contributed by atoms with E-state index in [1.54, 1.807) is 49.4 Å². The fourth-order valence-electron chi connectivity index (χ4n) is 2.52. The average Bonchev–Trinajstić information content (AvgIpc) is 2.59. The first-order valence-corrected chi connectivity index (χ1v) is 10.0. The van der Waals surface area contributed by atoms with Gasteiger partial charge in [-0.05, 0) is 37.6 Å². The Hall–Kier alpha value is -2.64. The quantitative estimate of drug-likeness (QED) is 0.646. The summed E-state index contributed by atoms with van der Waals surface area (Å²) in [5.74, 6) is 0.322. The molecule has 0 bridgehead atoms. The van der Waals surface area contributed by atoms with Gasteiger partial charge >= 0.3 is 0 Å². The van der Waals surface area contributed by atoms with E-state index in [0.29, 0.717) is 23.6 Å². The molecular weight excluding hydrogens is 364 g/mol. The maximum atomic E-state index is 12.4. The number of anilines is 1. The molecule has 7 heteroatoms. The minimum Gasteiger partial charge on any atom is -0.489 e. The van der Waals surface area contributed by atoms with Gasteiger partial charge in [0, 0.05) is 24.7 Å². The van der Waals surface area contributed by atoms with Gasteiger partial charge in [-0.15, -0.1) is 0 Å².